The summed E-state index contributed by atoms with van der Waals surface area (Å²) in [5, 5.41) is 12.7. The van der Waals surface area contributed by atoms with Crippen molar-refractivity contribution in [3.05, 3.63) is 525 Å². The first-order valence-corrected chi connectivity index (χ1v) is 46.8. The first-order valence-electron chi connectivity index (χ1n) is 46.8. The fourth-order valence-corrected chi connectivity index (χ4v) is 21.5. The van der Waals surface area contributed by atoms with Gasteiger partial charge in [-0.15, -0.1) is 0 Å². The highest BCUT2D eigenvalue weighted by atomic mass is 15.0. The Labute approximate surface area is 784 Å². The van der Waals surface area contributed by atoms with Gasteiger partial charge in [-0.3, -0.25) is 0 Å². The maximum absolute atomic E-state index is 2.42. The van der Waals surface area contributed by atoms with Crippen LogP contribution in [-0.4, -0.2) is 22.8 Å². The van der Waals surface area contributed by atoms with Gasteiger partial charge in [0.25, 0.3) is 0 Å². The molecule has 5 heteroatoms. The summed E-state index contributed by atoms with van der Waals surface area (Å²) in [5.41, 5.74) is 43.5. The zero-order chi connectivity index (χ0) is 89.7. The smallest absolute Gasteiger partial charge is 0.0543 e. The summed E-state index contributed by atoms with van der Waals surface area (Å²) in [7, 11) is 0. The molecule has 5 heterocycles. The second kappa shape index (κ2) is 33.2. The number of nitrogens with zero attached hydrogens (tertiary/aromatic N) is 5. The summed E-state index contributed by atoms with van der Waals surface area (Å²) >= 11 is 0. The Hall–Kier alpha value is -17.4. The number of aromatic nitrogens is 5. The van der Waals surface area contributed by atoms with Crippen LogP contribution in [0.2, 0.25) is 0 Å². The minimum Gasteiger partial charge on any atom is -0.309 e. The topological polar surface area (TPSA) is 24.6 Å². The molecule has 21 aromatic carbocycles. The average Bonchev–Trinajstić information content (AvgIpc) is 1.59. The third-order valence-electron chi connectivity index (χ3n) is 27.9. The van der Waals surface area contributed by atoms with Crippen LogP contribution in [0.3, 0.4) is 0 Å². The minimum atomic E-state index is 0.210. The lowest BCUT2D eigenvalue weighted by molar-refractivity contribution is 1.02. The van der Waals surface area contributed by atoms with Gasteiger partial charge in [0, 0.05) is 88.2 Å². The van der Waals surface area contributed by atoms with Crippen LogP contribution in [-0.2, 0) is 0 Å². The van der Waals surface area contributed by atoms with E-state index in [0.29, 0.717) is 0 Å². The van der Waals surface area contributed by atoms with E-state index in [-0.39, 0.29) is 5.92 Å². The van der Waals surface area contributed by atoms with Crippen molar-refractivity contribution in [2.24, 2.45) is 0 Å². The number of benzene rings is 21. The number of rotatable bonds is 12. The monoisotopic (exact) mass is 1720 g/mol. The van der Waals surface area contributed by atoms with E-state index in [4.69, 9.17) is 0 Å². The summed E-state index contributed by atoms with van der Waals surface area (Å²) in [5.74, 6) is 0.210. The quantitative estimate of drug-likeness (QED) is 0.116. The molecule has 1 aliphatic carbocycles. The van der Waals surface area contributed by atoms with Gasteiger partial charge in [-0.25, -0.2) is 0 Å². The van der Waals surface area contributed by atoms with Crippen LogP contribution < -0.4 is 0 Å². The molecule has 0 saturated carbocycles. The normalized spacial score (nSPS) is 12.3. The first-order chi connectivity index (χ1) is 66.7. The minimum absolute atomic E-state index is 0.210. The molecule has 1 aliphatic rings. The fraction of sp³-hybridized carbons (Fsp3) is 0.0308. The maximum atomic E-state index is 2.42. The van der Waals surface area contributed by atoms with Crippen LogP contribution in [0.25, 0.3) is 215 Å². The molecule has 1 unspecified atom stereocenters. The molecule has 27 rings (SSSR count). The van der Waals surface area contributed by atoms with Gasteiger partial charge in [0.1, 0.15) is 0 Å². The summed E-state index contributed by atoms with van der Waals surface area (Å²) in [6.45, 7) is 6.47. The molecule has 0 N–H and O–H groups in total. The summed E-state index contributed by atoms with van der Waals surface area (Å²) in [6, 6.07) is 180. The number of aryl methyl sites for hydroxylation is 3. The molecule has 5 nitrogen and oxygen atoms in total. The van der Waals surface area contributed by atoms with Gasteiger partial charge >= 0.3 is 0 Å². The van der Waals surface area contributed by atoms with Crippen molar-refractivity contribution in [1.29, 1.82) is 0 Å². The van der Waals surface area contributed by atoms with Crippen molar-refractivity contribution in [2.45, 2.75) is 26.7 Å². The number of hydrogen-bond donors (Lipinski definition) is 0. The zero-order valence-corrected chi connectivity index (χ0v) is 75.1. The van der Waals surface area contributed by atoms with Crippen molar-refractivity contribution in [3.8, 4) is 106 Å². The van der Waals surface area contributed by atoms with Crippen LogP contribution in [0.15, 0.2) is 491 Å². The molecular formula is C130H91N5. The molecular weight excluding hydrogens is 1630 g/mol. The second-order valence-electron chi connectivity index (χ2n) is 36.1. The molecule has 636 valence electrons. The van der Waals surface area contributed by atoms with Gasteiger partial charge in [-0.2, -0.15) is 0 Å². The van der Waals surface area contributed by atoms with Gasteiger partial charge in [0.05, 0.1) is 55.2 Å². The lowest BCUT2D eigenvalue weighted by Crippen LogP contribution is -1.99. The van der Waals surface area contributed by atoms with Crippen molar-refractivity contribution in [1.82, 2.24) is 22.8 Å². The highest BCUT2D eigenvalue weighted by molar-refractivity contribution is 6.16. The molecule has 0 spiro atoms. The molecule has 0 bridgehead atoms. The average molecular weight is 1720 g/mol. The van der Waals surface area contributed by atoms with E-state index in [1.807, 2.05) is 0 Å². The van der Waals surface area contributed by atoms with E-state index in [1.165, 1.54) is 249 Å². The highest BCUT2D eigenvalue weighted by Gasteiger charge is 2.31. The largest absolute Gasteiger partial charge is 0.309 e. The predicted molar refractivity (Wildman–Crippen MR) is 571 cm³/mol. The highest BCUT2D eigenvalue weighted by Crippen LogP contribution is 2.51. The van der Waals surface area contributed by atoms with Crippen molar-refractivity contribution >= 4 is 109 Å². The van der Waals surface area contributed by atoms with E-state index in [2.05, 4.69) is 535 Å². The molecule has 26 aromatic rings. The van der Waals surface area contributed by atoms with E-state index >= 15 is 0 Å². The molecule has 0 fully saturated rings. The second-order valence-corrected chi connectivity index (χ2v) is 36.1. The van der Waals surface area contributed by atoms with E-state index in [1.54, 1.807) is 0 Å². The van der Waals surface area contributed by atoms with Gasteiger partial charge < -0.3 is 22.8 Å². The lowest BCUT2D eigenvalue weighted by atomic mass is 9.87. The maximum Gasteiger partial charge on any atom is 0.0543 e. The van der Waals surface area contributed by atoms with E-state index < -0.39 is 0 Å². The van der Waals surface area contributed by atoms with Crippen LogP contribution in [0.1, 0.15) is 39.3 Å². The fourth-order valence-electron chi connectivity index (χ4n) is 21.5. The Morgan fingerprint density at radius 1 is 0.141 bits per heavy atom. The number of hydrogen-bond acceptors (Lipinski definition) is 0. The predicted octanol–water partition coefficient (Wildman–Crippen LogP) is 34.6. The molecule has 135 heavy (non-hydrogen) atoms. The van der Waals surface area contributed by atoms with Gasteiger partial charge in [-0.05, 0) is 279 Å². The Bertz CT molecular complexity index is 9130. The molecule has 1 atom stereocenters. The van der Waals surface area contributed by atoms with Crippen molar-refractivity contribution < 1.29 is 0 Å². The number of fused-ring (bicyclic) bond motifs is 18. The van der Waals surface area contributed by atoms with Crippen LogP contribution >= 0.6 is 0 Å². The number of para-hydroxylation sites is 7. The van der Waals surface area contributed by atoms with Gasteiger partial charge in [-0.1, -0.05) is 345 Å². The SMILES string of the molecule is Cc1ccc(-c2cccc(-n3c4ccccc4c4cc(-c5ccc6c(c5)c5ccccc5n6-c5ccccc5)ccc43)c2)cc1.Cc1ccc2c3cc(-c4ccc5c(c4)c4ccccc4n5-c4ccccc4)ccc3n(-c3cccc(-c4ccccc4)c3)c2c1.Cc1cccc(-c2cccc(C3c4ccccc4-c4cc(-c5ccc6c(c5)c5ccccc5n6-c5ccccc5)ccc43)c2)c1. The third kappa shape index (κ3) is 14.0. The molecule has 0 saturated heterocycles. The van der Waals surface area contributed by atoms with E-state index in [0.717, 1.165) is 0 Å². The van der Waals surface area contributed by atoms with Gasteiger partial charge in [0.2, 0.25) is 0 Å². The third-order valence-corrected chi connectivity index (χ3v) is 27.9. The Morgan fingerprint density at radius 3 is 0.867 bits per heavy atom. The zero-order valence-electron chi connectivity index (χ0n) is 75.1. The van der Waals surface area contributed by atoms with Crippen molar-refractivity contribution in [3.63, 3.8) is 0 Å². The van der Waals surface area contributed by atoms with Crippen LogP contribution in [0, 0.1) is 20.8 Å². The lowest BCUT2D eigenvalue weighted by Gasteiger charge is -2.16. The molecule has 0 radical (unpaired) electrons. The van der Waals surface area contributed by atoms with Crippen molar-refractivity contribution in [2.75, 3.05) is 0 Å². The molecule has 0 aliphatic heterocycles. The first kappa shape index (κ1) is 79.8. The Balaban J connectivity index is 0.000000108. The molecule has 0 amide bonds. The summed E-state index contributed by atoms with van der Waals surface area (Å²) < 4.78 is 11.9. The Kier molecular flexibility index (Phi) is 19.6. The van der Waals surface area contributed by atoms with Crippen LogP contribution in [0.4, 0.5) is 0 Å². The van der Waals surface area contributed by atoms with Crippen LogP contribution in [0.5, 0.6) is 0 Å². The summed E-state index contributed by atoms with van der Waals surface area (Å²) in [6.07, 6.45) is 0. The standard InChI is InChI=1S/C44H31N.2C43H30N2/c1-29-11-9-12-30(25-29)31-13-10-14-34(26-31)44-38-19-6-5-17-36(38)40-27-32(21-23-39(40)44)33-22-24-43-41(28-33)37-18-7-8-20-42(37)45(43)35-15-3-2-4-16-35;1-29-19-22-37-39-28-33(21-24-42(39)45(43(37)25-29)35-16-10-13-31(26-35)30-11-4-2-5-12-30)32-20-23-41-38(27-32)36-17-8-9-18-40(36)44(41)34-14-6-3-7-15-34;1-29-18-20-30(21-19-29)31-10-9-13-35(26-31)45-41-17-8-6-15-37(41)39-28-33(23-25-43(39)45)32-22-24-42-38(27-32)36-14-5-7-16-40(36)44(42)34-11-3-2-4-12-34/h2-28,44H,1H3;2*2-28H,1H3. The van der Waals surface area contributed by atoms with Gasteiger partial charge in [0.15, 0.2) is 0 Å². The Morgan fingerprint density at radius 2 is 0.422 bits per heavy atom. The van der Waals surface area contributed by atoms with E-state index in [9.17, 15) is 0 Å². The molecule has 5 aromatic heterocycles. The summed E-state index contributed by atoms with van der Waals surface area (Å²) in [4.78, 5) is 0.